The van der Waals surface area contributed by atoms with Gasteiger partial charge in [0.2, 0.25) is 0 Å². The molecule has 2 nitrogen and oxygen atoms in total. The van der Waals surface area contributed by atoms with Gasteiger partial charge in [-0.2, -0.15) is 11.3 Å². The third kappa shape index (κ3) is 1.98. The Kier molecular flexibility index (Phi) is 2.97. The summed E-state index contributed by atoms with van der Waals surface area (Å²) >= 11 is 12.6. The molecule has 3 rings (SSSR count). The van der Waals surface area contributed by atoms with Gasteiger partial charge >= 0.3 is 0 Å². The maximum Gasteiger partial charge on any atom is 0.178 e. The number of thiophene rings is 1. The van der Waals surface area contributed by atoms with Gasteiger partial charge in [0.25, 0.3) is 0 Å². The molecule has 1 N–H and O–H groups in total. The number of hydrogen-bond acceptors (Lipinski definition) is 2. The normalized spacial score (nSPS) is 11.2. The second kappa shape index (κ2) is 4.50. The van der Waals surface area contributed by atoms with Gasteiger partial charge in [-0.05, 0) is 40.7 Å². The van der Waals surface area contributed by atoms with Gasteiger partial charge in [0.05, 0.1) is 22.6 Å². The Morgan fingerprint density at radius 1 is 1.44 bits per heavy atom. The molecule has 0 aliphatic rings. The number of H-pyrrole nitrogens is 1. The SMILES string of the molecule is Fc1cc2c(cc1Cl)[nH]c(=S)n2Cc1ccsc1. The fourth-order valence-electron chi connectivity index (χ4n) is 1.87. The van der Waals surface area contributed by atoms with Gasteiger partial charge in [0.15, 0.2) is 4.77 Å². The summed E-state index contributed by atoms with van der Waals surface area (Å²) in [6, 6.07) is 5.00. The highest BCUT2D eigenvalue weighted by Crippen LogP contribution is 2.23. The van der Waals surface area contributed by atoms with Crippen LogP contribution in [0.3, 0.4) is 0 Å². The maximum absolute atomic E-state index is 13.5. The van der Waals surface area contributed by atoms with Crippen LogP contribution in [0.4, 0.5) is 4.39 Å². The molecule has 0 bridgehead atoms. The zero-order valence-corrected chi connectivity index (χ0v) is 11.5. The number of nitrogens with one attached hydrogen (secondary N) is 1. The van der Waals surface area contributed by atoms with E-state index < -0.39 is 5.82 Å². The highest BCUT2D eigenvalue weighted by molar-refractivity contribution is 7.71. The number of aromatic nitrogens is 2. The lowest BCUT2D eigenvalue weighted by Crippen LogP contribution is -1.98. The minimum atomic E-state index is -0.433. The molecular formula is C12H8ClFN2S2. The van der Waals surface area contributed by atoms with Crippen LogP contribution < -0.4 is 0 Å². The molecule has 0 amide bonds. The Labute approximate surface area is 117 Å². The number of hydrogen-bond donors (Lipinski definition) is 1. The Hall–Kier alpha value is -1.17. The number of halogens is 2. The molecule has 6 heteroatoms. The van der Waals surface area contributed by atoms with Crippen molar-refractivity contribution in [2.75, 3.05) is 0 Å². The third-order valence-electron chi connectivity index (χ3n) is 2.74. The molecule has 18 heavy (non-hydrogen) atoms. The second-order valence-corrected chi connectivity index (χ2v) is 5.51. The summed E-state index contributed by atoms with van der Waals surface area (Å²) < 4.78 is 16.0. The molecule has 0 unspecified atom stereocenters. The van der Waals surface area contributed by atoms with Crippen molar-refractivity contribution in [3.05, 3.63) is 50.1 Å². The van der Waals surface area contributed by atoms with Gasteiger partial charge in [-0.3, -0.25) is 0 Å². The Bertz CT molecular complexity index is 758. The molecule has 2 aromatic heterocycles. The van der Waals surface area contributed by atoms with Crippen LogP contribution in [0.15, 0.2) is 29.0 Å². The topological polar surface area (TPSA) is 20.7 Å². The van der Waals surface area contributed by atoms with Crippen molar-refractivity contribution in [3.63, 3.8) is 0 Å². The van der Waals surface area contributed by atoms with E-state index in [-0.39, 0.29) is 5.02 Å². The lowest BCUT2D eigenvalue weighted by atomic mass is 10.3. The highest BCUT2D eigenvalue weighted by Gasteiger charge is 2.09. The van der Waals surface area contributed by atoms with Crippen molar-refractivity contribution in [2.24, 2.45) is 0 Å². The Morgan fingerprint density at radius 3 is 3.00 bits per heavy atom. The molecule has 0 spiro atoms. The van der Waals surface area contributed by atoms with Crippen LogP contribution in [0.25, 0.3) is 11.0 Å². The van der Waals surface area contributed by atoms with Gasteiger partial charge in [0, 0.05) is 6.07 Å². The predicted octanol–water partition coefficient (Wildman–Crippen LogP) is 4.60. The van der Waals surface area contributed by atoms with E-state index in [1.54, 1.807) is 17.4 Å². The van der Waals surface area contributed by atoms with E-state index in [1.807, 2.05) is 21.4 Å². The summed E-state index contributed by atoms with van der Waals surface area (Å²) in [6.07, 6.45) is 0. The quantitative estimate of drug-likeness (QED) is 0.686. The zero-order valence-electron chi connectivity index (χ0n) is 9.11. The minimum Gasteiger partial charge on any atom is -0.331 e. The summed E-state index contributed by atoms with van der Waals surface area (Å²) in [6.45, 7) is 0.628. The van der Waals surface area contributed by atoms with E-state index in [0.29, 0.717) is 11.3 Å². The maximum atomic E-state index is 13.5. The van der Waals surface area contributed by atoms with E-state index in [2.05, 4.69) is 4.98 Å². The van der Waals surface area contributed by atoms with Crippen molar-refractivity contribution < 1.29 is 4.39 Å². The van der Waals surface area contributed by atoms with Crippen molar-refractivity contribution in [3.8, 4) is 0 Å². The summed E-state index contributed by atoms with van der Waals surface area (Å²) in [5.74, 6) is -0.433. The molecule has 92 valence electrons. The van der Waals surface area contributed by atoms with Crippen LogP contribution in [0.2, 0.25) is 5.02 Å². The number of nitrogens with zero attached hydrogens (tertiary/aromatic N) is 1. The molecule has 0 aliphatic heterocycles. The number of imidazole rings is 1. The zero-order chi connectivity index (χ0) is 12.7. The second-order valence-electron chi connectivity index (χ2n) is 3.93. The average molecular weight is 299 g/mol. The summed E-state index contributed by atoms with van der Waals surface area (Å²) in [4.78, 5) is 3.04. The summed E-state index contributed by atoms with van der Waals surface area (Å²) in [5.41, 5.74) is 2.63. The lowest BCUT2D eigenvalue weighted by Gasteiger charge is -2.03. The van der Waals surface area contributed by atoms with Gasteiger partial charge in [-0.25, -0.2) is 4.39 Å². The largest absolute Gasteiger partial charge is 0.331 e. The van der Waals surface area contributed by atoms with Gasteiger partial charge in [0.1, 0.15) is 5.82 Å². The van der Waals surface area contributed by atoms with Crippen LogP contribution in [0, 0.1) is 10.6 Å². The minimum absolute atomic E-state index is 0.0985. The molecule has 2 heterocycles. The molecule has 1 aromatic carbocycles. The van der Waals surface area contributed by atoms with Crippen LogP contribution in [0.1, 0.15) is 5.56 Å². The van der Waals surface area contributed by atoms with Crippen LogP contribution in [0.5, 0.6) is 0 Å². The van der Waals surface area contributed by atoms with Gasteiger partial charge in [-0.15, -0.1) is 0 Å². The fraction of sp³-hybridized carbons (Fsp3) is 0.0833. The predicted molar refractivity (Wildman–Crippen MR) is 75.5 cm³/mol. The highest BCUT2D eigenvalue weighted by atomic mass is 35.5. The van der Waals surface area contributed by atoms with E-state index in [4.69, 9.17) is 23.8 Å². The van der Waals surface area contributed by atoms with Gasteiger partial charge < -0.3 is 9.55 Å². The van der Waals surface area contributed by atoms with E-state index in [0.717, 1.165) is 16.6 Å². The van der Waals surface area contributed by atoms with E-state index in [9.17, 15) is 4.39 Å². The smallest absolute Gasteiger partial charge is 0.178 e. The summed E-state index contributed by atoms with van der Waals surface area (Å²) in [5, 5.41) is 4.15. The molecule has 0 saturated heterocycles. The average Bonchev–Trinajstić information content (AvgIpc) is 2.92. The number of benzene rings is 1. The summed E-state index contributed by atoms with van der Waals surface area (Å²) in [7, 11) is 0. The van der Waals surface area contributed by atoms with Crippen LogP contribution >= 0.6 is 35.2 Å². The van der Waals surface area contributed by atoms with Crippen LogP contribution in [-0.2, 0) is 6.54 Å². The van der Waals surface area contributed by atoms with Crippen molar-refractivity contribution in [1.29, 1.82) is 0 Å². The van der Waals surface area contributed by atoms with Crippen LogP contribution in [-0.4, -0.2) is 9.55 Å². The monoisotopic (exact) mass is 298 g/mol. The first-order chi connectivity index (χ1) is 8.65. The number of rotatable bonds is 2. The Morgan fingerprint density at radius 2 is 2.28 bits per heavy atom. The van der Waals surface area contributed by atoms with E-state index in [1.165, 1.54) is 6.07 Å². The molecule has 0 aliphatic carbocycles. The van der Waals surface area contributed by atoms with Gasteiger partial charge in [-0.1, -0.05) is 11.6 Å². The molecule has 0 radical (unpaired) electrons. The van der Waals surface area contributed by atoms with E-state index >= 15 is 0 Å². The van der Waals surface area contributed by atoms with Crippen molar-refractivity contribution in [2.45, 2.75) is 6.54 Å². The molecule has 3 aromatic rings. The Balaban J connectivity index is 2.19. The first-order valence-corrected chi connectivity index (χ1v) is 6.96. The number of fused-ring (bicyclic) bond motifs is 1. The first-order valence-electron chi connectivity index (χ1n) is 5.24. The standard InChI is InChI=1S/C12H8ClFN2S2/c13-8-3-10-11(4-9(8)14)16(12(17)15-10)5-7-1-2-18-6-7/h1-4,6H,5H2,(H,15,17). The number of aromatic amines is 1. The molecule has 0 saturated carbocycles. The third-order valence-corrected chi connectivity index (χ3v) is 4.08. The molecule has 0 fully saturated rings. The molecular weight excluding hydrogens is 291 g/mol. The first kappa shape index (κ1) is 11.9. The van der Waals surface area contributed by atoms with Crippen molar-refractivity contribution in [1.82, 2.24) is 9.55 Å². The van der Waals surface area contributed by atoms with Crippen molar-refractivity contribution >= 4 is 46.2 Å². The molecule has 0 atom stereocenters. The lowest BCUT2D eigenvalue weighted by molar-refractivity contribution is 0.629. The fourth-order valence-corrected chi connectivity index (χ4v) is 2.97.